The van der Waals surface area contributed by atoms with Crippen molar-refractivity contribution in [3.05, 3.63) is 47.9 Å². The van der Waals surface area contributed by atoms with E-state index in [1.165, 1.54) is 6.07 Å². The molecular formula is C12H9N3O4. The van der Waals surface area contributed by atoms with Gasteiger partial charge in [0, 0.05) is 0 Å². The van der Waals surface area contributed by atoms with Crippen LogP contribution in [0.2, 0.25) is 0 Å². The second kappa shape index (κ2) is 5.13. The first-order valence-corrected chi connectivity index (χ1v) is 5.20. The van der Waals surface area contributed by atoms with E-state index in [1.807, 2.05) is 0 Å². The van der Waals surface area contributed by atoms with Gasteiger partial charge in [0.05, 0.1) is 18.0 Å². The molecule has 0 unspecified atom stereocenters. The Hall–Kier alpha value is -2.96. The second-order valence-electron chi connectivity index (χ2n) is 3.51. The minimum Gasteiger partial charge on any atom is -0.476 e. The lowest BCUT2D eigenvalue weighted by atomic mass is 10.2. The number of aromatic nitrogens is 2. The highest BCUT2D eigenvalue weighted by Gasteiger charge is 2.11. The van der Waals surface area contributed by atoms with Crippen molar-refractivity contribution in [1.82, 2.24) is 9.97 Å². The van der Waals surface area contributed by atoms with E-state index >= 15 is 0 Å². The predicted octanol–water partition coefficient (Wildman–Crippen LogP) is 1.07. The topological polar surface area (TPSA) is 115 Å². The standard InChI is InChI=1S/C12H9N3O4/c13-11(16)7-3-1-2-4-9(7)19-10-6-14-8(5-15-10)12(17)18/h1-6H,(H2,13,16)(H,17,18). The smallest absolute Gasteiger partial charge is 0.356 e. The Morgan fingerprint density at radius 2 is 1.89 bits per heavy atom. The largest absolute Gasteiger partial charge is 0.476 e. The van der Waals surface area contributed by atoms with E-state index in [1.54, 1.807) is 18.2 Å². The van der Waals surface area contributed by atoms with E-state index in [0.29, 0.717) is 0 Å². The van der Waals surface area contributed by atoms with E-state index in [2.05, 4.69) is 9.97 Å². The van der Waals surface area contributed by atoms with Crippen LogP contribution in [0.3, 0.4) is 0 Å². The van der Waals surface area contributed by atoms with E-state index in [4.69, 9.17) is 15.6 Å². The molecule has 0 aliphatic carbocycles. The molecule has 1 aromatic heterocycles. The van der Waals surface area contributed by atoms with Gasteiger partial charge in [-0.15, -0.1) is 0 Å². The summed E-state index contributed by atoms with van der Waals surface area (Å²) in [4.78, 5) is 29.2. The fraction of sp³-hybridized carbons (Fsp3) is 0. The number of nitrogens with two attached hydrogens (primary N) is 1. The van der Waals surface area contributed by atoms with E-state index in [-0.39, 0.29) is 22.9 Å². The zero-order chi connectivity index (χ0) is 13.8. The maximum Gasteiger partial charge on any atom is 0.356 e. The van der Waals surface area contributed by atoms with Crippen LogP contribution < -0.4 is 10.5 Å². The molecule has 0 saturated heterocycles. The Bertz CT molecular complexity index is 625. The van der Waals surface area contributed by atoms with Crippen molar-refractivity contribution in [2.45, 2.75) is 0 Å². The van der Waals surface area contributed by atoms with Gasteiger partial charge in [-0.05, 0) is 12.1 Å². The Balaban J connectivity index is 2.26. The summed E-state index contributed by atoms with van der Waals surface area (Å²) in [6, 6.07) is 6.37. The number of hydrogen-bond donors (Lipinski definition) is 2. The average Bonchev–Trinajstić information content (AvgIpc) is 2.39. The zero-order valence-corrected chi connectivity index (χ0v) is 9.61. The predicted molar refractivity (Wildman–Crippen MR) is 64.0 cm³/mol. The fourth-order valence-corrected chi connectivity index (χ4v) is 1.35. The molecule has 0 radical (unpaired) electrons. The summed E-state index contributed by atoms with van der Waals surface area (Å²) in [5.74, 6) is -1.52. The summed E-state index contributed by atoms with van der Waals surface area (Å²) < 4.78 is 5.34. The van der Waals surface area contributed by atoms with Gasteiger partial charge in [-0.3, -0.25) is 4.79 Å². The number of hydrogen-bond acceptors (Lipinski definition) is 5. The molecule has 0 aliphatic rings. The minimum absolute atomic E-state index is 0.0682. The number of carboxylic acids is 1. The zero-order valence-electron chi connectivity index (χ0n) is 9.61. The van der Waals surface area contributed by atoms with Crippen molar-refractivity contribution in [2.75, 3.05) is 0 Å². The Labute approximate surface area is 107 Å². The molecule has 3 N–H and O–H groups in total. The van der Waals surface area contributed by atoms with Gasteiger partial charge in [-0.2, -0.15) is 0 Å². The number of para-hydroxylation sites is 1. The summed E-state index contributed by atoms with van der Waals surface area (Å²) in [5, 5.41) is 8.68. The second-order valence-corrected chi connectivity index (χ2v) is 3.51. The first-order valence-electron chi connectivity index (χ1n) is 5.20. The molecule has 96 valence electrons. The maximum atomic E-state index is 11.2. The molecule has 7 heteroatoms. The molecule has 2 aromatic rings. The number of benzene rings is 1. The van der Waals surface area contributed by atoms with Crippen LogP contribution in [0.1, 0.15) is 20.8 Å². The molecule has 1 heterocycles. The molecule has 2 rings (SSSR count). The Morgan fingerprint density at radius 1 is 1.16 bits per heavy atom. The third kappa shape index (κ3) is 2.83. The first-order chi connectivity index (χ1) is 9.08. The monoisotopic (exact) mass is 259 g/mol. The molecule has 1 amide bonds. The number of amides is 1. The maximum absolute atomic E-state index is 11.2. The average molecular weight is 259 g/mol. The van der Waals surface area contributed by atoms with E-state index < -0.39 is 11.9 Å². The molecule has 7 nitrogen and oxygen atoms in total. The van der Waals surface area contributed by atoms with Crippen LogP contribution in [-0.4, -0.2) is 27.0 Å². The number of aromatic carboxylic acids is 1. The van der Waals surface area contributed by atoms with E-state index in [9.17, 15) is 9.59 Å². The minimum atomic E-state index is -1.18. The lowest BCUT2D eigenvalue weighted by Crippen LogP contribution is -2.12. The molecule has 1 aromatic carbocycles. The van der Waals surface area contributed by atoms with Gasteiger partial charge in [0.2, 0.25) is 5.88 Å². The van der Waals surface area contributed by atoms with Crippen LogP contribution in [0.15, 0.2) is 36.7 Å². The lowest BCUT2D eigenvalue weighted by molar-refractivity contribution is 0.0689. The van der Waals surface area contributed by atoms with E-state index in [0.717, 1.165) is 12.4 Å². The third-order valence-electron chi connectivity index (χ3n) is 2.21. The van der Waals surface area contributed by atoms with Crippen molar-refractivity contribution >= 4 is 11.9 Å². The highest BCUT2D eigenvalue weighted by atomic mass is 16.5. The molecule has 19 heavy (non-hydrogen) atoms. The molecule has 0 spiro atoms. The fourth-order valence-electron chi connectivity index (χ4n) is 1.35. The first kappa shape index (κ1) is 12.5. The quantitative estimate of drug-likeness (QED) is 0.848. The summed E-state index contributed by atoms with van der Waals surface area (Å²) in [6.07, 6.45) is 2.21. The van der Waals surface area contributed by atoms with Gasteiger partial charge < -0.3 is 15.6 Å². The van der Waals surface area contributed by atoms with Crippen LogP contribution in [0, 0.1) is 0 Å². The number of ether oxygens (including phenoxy) is 1. The van der Waals surface area contributed by atoms with Gasteiger partial charge in [0.25, 0.3) is 5.91 Å². The van der Waals surface area contributed by atoms with Crippen LogP contribution in [0.5, 0.6) is 11.6 Å². The van der Waals surface area contributed by atoms with Gasteiger partial charge in [-0.25, -0.2) is 14.8 Å². The van der Waals surface area contributed by atoms with Gasteiger partial charge in [0.1, 0.15) is 5.75 Å². The van der Waals surface area contributed by atoms with Crippen molar-refractivity contribution in [1.29, 1.82) is 0 Å². The molecule has 0 saturated carbocycles. The Kier molecular flexibility index (Phi) is 3.37. The van der Waals surface area contributed by atoms with Gasteiger partial charge in [0.15, 0.2) is 5.69 Å². The van der Waals surface area contributed by atoms with Crippen molar-refractivity contribution < 1.29 is 19.4 Å². The summed E-state index contributed by atoms with van der Waals surface area (Å²) in [6.45, 7) is 0. The number of nitrogens with zero attached hydrogens (tertiary/aromatic N) is 2. The van der Waals surface area contributed by atoms with Crippen LogP contribution in [0.4, 0.5) is 0 Å². The molecule has 0 bridgehead atoms. The SMILES string of the molecule is NC(=O)c1ccccc1Oc1cnc(C(=O)O)cn1. The van der Waals surface area contributed by atoms with Crippen LogP contribution >= 0.6 is 0 Å². The number of carbonyl (C=O) groups is 2. The number of primary amides is 1. The molecule has 0 atom stereocenters. The van der Waals surface area contributed by atoms with Gasteiger partial charge in [-0.1, -0.05) is 12.1 Å². The third-order valence-corrected chi connectivity index (χ3v) is 2.21. The molecule has 0 aliphatic heterocycles. The lowest BCUT2D eigenvalue weighted by Gasteiger charge is -2.07. The Morgan fingerprint density at radius 3 is 2.47 bits per heavy atom. The number of carboxylic acid groups (broad SMARTS) is 1. The summed E-state index contributed by atoms with van der Waals surface area (Å²) in [7, 11) is 0. The van der Waals surface area contributed by atoms with Crippen LogP contribution in [0.25, 0.3) is 0 Å². The van der Waals surface area contributed by atoms with Crippen molar-refractivity contribution in [3.8, 4) is 11.6 Å². The normalized spacial score (nSPS) is 9.89. The van der Waals surface area contributed by atoms with Crippen molar-refractivity contribution in [3.63, 3.8) is 0 Å². The highest BCUT2D eigenvalue weighted by Crippen LogP contribution is 2.22. The number of carbonyl (C=O) groups excluding carboxylic acids is 1. The summed E-state index contributed by atoms with van der Waals surface area (Å²) in [5.41, 5.74) is 5.20. The van der Waals surface area contributed by atoms with Crippen molar-refractivity contribution in [2.24, 2.45) is 5.73 Å². The van der Waals surface area contributed by atoms with Crippen LogP contribution in [-0.2, 0) is 0 Å². The molecule has 0 fully saturated rings. The van der Waals surface area contributed by atoms with Gasteiger partial charge >= 0.3 is 5.97 Å². The number of rotatable bonds is 4. The highest BCUT2D eigenvalue weighted by molar-refractivity contribution is 5.95. The summed E-state index contributed by atoms with van der Waals surface area (Å²) >= 11 is 0. The molecular weight excluding hydrogens is 250 g/mol.